The standard InChI is InChI=1S/C21H21ClN4O2/c22-16-1-2-19-17(13-16)20(27)18(14-24-19)21(28)26-11-9-25(10-12-26)8-5-15-3-6-23-7-4-15/h1-4,6-7,13-14H,5,8-12H2,(H,24,27). The number of hydrogen-bond acceptors (Lipinski definition) is 4. The molecule has 0 bridgehead atoms. The van der Waals surface area contributed by atoms with Crippen LogP contribution in [0.5, 0.6) is 0 Å². The van der Waals surface area contributed by atoms with Gasteiger partial charge in [0.05, 0.1) is 0 Å². The molecule has 0 unspecified atom stereocenters. The van der Waals surface area contributed by atoms with E-state index in [0.29, 0.717) is 29.0 Å². The molecule has 1 N–H and O–H groups in total. The van der Waals surface area contributed by atoms with Crippen molar-refractivity contribution in [2.75, 3.05) is 32.7 Å². The Morgan fingerprint density at radius 3 is 2.61 bits per heavy atom. The molecule has 4 rings (SSSR count). The number of hydrogen-bond donors (Lipinski definition) is 1. The Morgan fingerprint density at radius 2 is 1.86 bits per heavy atom. The van der Waals surface area contributed by atoms with Crippen molar-refractivity contribution in [2.45, 2.75) is 6.42 Å². The van der Waals surface area contributed by atoms with Crippen LogP contribution in [0, 0.1) is 0 Å². The van der Waals surface area contributed by atoms with Crippen molar-refractivity contribution in [3.8, 4) is 0 Å². The summed E-state index contributed by atoms with van der Waals surface area (Å²) in [5, 5.41) is 0.916. The molecule has 0 atom stereocenters. The Bertz CT molecular complexity index is 1040. The van der Waals surface area contributed by atoms with Crippen molar-refractivity contribution >= 4 is 28.4 Å². The zero-order chi connectivity index (χ0) is 19.5. The first kappa shape index (κ1) is 18.7. The number of aromatic amines is 1. The molecule has 1 saturated heterocycles. The van der Waals surface area contributed by atoms with Gasteiger partial charge in [-0.2, -0.15) is 0 Å². The van der Waals surface area contributed by atoms with Gasteiger partial charge in [0.15, 0.2) is 0 Å². The Hall–Kier alpha value is -2.70. The minimum absolute atomic E-state index is 0.167. The number of benzene rings is 1. The van der Waals surface area contributed by atoms with Crippen molar-refractivity contribution in [1.29, 1.82) is 0 Å². The molecule has 0 aliphatic carbocycles. The van der Waals surface area contributed by atoms with Crippen LogP contribution in [0.1, 0.15) is 15.9 Å². The lowest BCUT2D eigenvalue weighted by molar-refractivity contribution is 0.0637. The summed E-state index contributed by atoms with van der Waals surface area (Å²) in [6, 6.07) is 9.11. The molecule has 1 aliphatic heterocycles. The van der Waals surface area contributed by atoms with E-state index in [9.17, 15) is 9.59 Å². The molecule has 144 valence electrons. The number of fused-ring (bicyclic) bond motifs is 1. The Kier molecular flexibility index (Phi) is 5.41. The second kappa shape index (κ2) is 8.12. The lowest BCUT2D eigenvalue weighted by atomic mass is 10.1. The minimum atomic E-state index is -0.277. The molecule has 1 aliphatic rings. The molecule has 0 saturated carbocycles. The third-order valence-corrected chi connectivity index (χ3v) is 5.43. The topological polar surface area (TPSA) is 69.3 Å². The number of pyridine rings is 2. The highest BCUT2D eigenvalue weighted by molar-refractivity contribution is 6.31. The molecule has 3 aromatic rings. The third kappa shape index (κ3) is 3.93. The van der Waals surface area contributed by atoms with Crippen LogP contribution >= 0.6 is 11.6 Å². The summed E-state index contributed by atoms with van der Waals surface area (Å²) in [7, 11) is 0. The van der Waals surface area contributed by atoms with Gasteiger partial charge in [0.25, 0.3) is 5.91 Å². The highest BCUT2D eigenvalue weighted by atomic mass is 35.5. The molecule has 7 heteroatoms. The number of amides is 1. The summed E-state index contributed by atoms with van der Waals surface area (Å²) < 4.78 is 0. The first-order valence-corrected chi connectivity index (χ1v) is 9.71. The zero-order valence-electron chi connectivity index (χ0n) is 15.4. The minimum Gasteiger partial charge on any atom is -0.360 e. The molecule has 3 heterocycles. The average molecular weight is 397 g/mol. The first-order chi connectivity index (χ1) is 13.6. The smallest absolute Gasteiger partial charge is 0.259 e. The van der Waals surface area contributed by atoms with E-state index in [-0.39, 0.29) is 16.9 Å². The molecule has 0 radical (unpaired) electrons. The second-order valence-corrected chi connectivity index (χ2v) is 7.40. The van der Waals surface area contributed by atoms with Crippen molar-refractivity contribution in [1.82, 2.24) is 19.8 Å². The van der Waals surface area contributed by atoms with Gasteiger partial charge in [0, 0.05) is 67.2 Å². The maximum atomic E-state index is 12.9. The van der Waals surface area contributed by atoms with Crippen molar-refractivity contribution in [3.63, 3.8) is 0 Å². The van der Waals surface area contributed by atoms with Crippen LogP contribution in [0.25, 0.3) is 10.9 Å². The van der Waals surface area contributed by atoms with Crippen molar-refractivity contribution in [2.24, 2.45) is 0 Å². The number of aromatic nitrogens is 2. The molecular weight excluding hydrogens is 376 g/mol. The monoisotopic (exact) mass is 396 g/mol. The zero-order valence-corrected chi connectivity index (χ0v) is 16.2. The van der Waals surface area contributed by atoms with E-state index in [4.69, 9.17) is 11.6 Å². The van der Waals surface area contributed by atoms with Crippen LogP contribution in [0.2, 0.25) is 5.02 Å². The predicted octanol–water partition coefficient (Wildman–Crippen LogP) is 2.58. The summed E-state index contributed by atoms with van der Waals surface area (Å²) in [6.07, 6.45) is 6.08. The summed E-state index contributed by atoms with van der Waals surface area (Å²) in [6.45, 7) is 3.77. The maximum Gasteiger partial charge on any atom is 0.259 e. The lowest BCUT2D eigenvalue weighted by Gasteiger charge is -2.34. The van der Waals surface area contributed by atoms with E-state index in [1.165, 1.54) is 11.8 Å². The van der Waals surface area contributed by atoms with Crippen LogP contribution in [-0.4, -0.2) is 58.4 Å². The first-order valence-electron chi connectivity index (χ1n) is 9.33. The fourth-order valence-electron chi connectivity index (χ4n) is 3.53. The van der Waals surface area contributed by atoms with E-state index in [2.05, 4.69) is 14.9 Å². The van der Waals surface area contributed by atoms with Crippen molar-refractivity contribution < 1.29 is 4.79 Å². The van der Waals surface area contributed by atoms with Gasteiger partial charge in [-0.3, -0.25) is 19.5 Å². The van der Waals surface area contributed by atoms with Crippen LogP contribution in [-0.2, 0) is 6.42 Å². The second-order valence-electron chi connectivity index (χ2n) is 6.96. The lowest BCUT2D eigenvalue weighted by Crippen LogP contribution is -2.49. The molecule has 28 heavy (non-hydrogen) atoms. The highest BCUT2D eigenvalue weighted by Gasteiger charge is 2.24. The molecule has 1 aromatic carbocycles. The molecular formula is C21H21ClN4O2. The van der Waals surface area contributed by atoms with E-state index >= 15 is 0 Å². The molecule has 1 fully saturated rings. The molecule has 0 spiro atoms. The number of carbonyl (C=O) groups excluding carboxylic acids is 1. The van der Waals surface area contributed by atoms with Gasteiger partial charge in [-0.25, -0.2) is 0 Å². The van der Waals surface area contributed by atoms with Crippen LogP contribution < -0.4 is 5.43 Å². The summed E-state index contributed by atoms with van der Waals surface area (Å²) >= 11 is 6.00. The van der Waals surface area contributed by atoms with Gasteiger partial charge >= 0.3 is 0 Å². The quantitative estimate of drug-likeness (QED) is 0.736. The average Bonchev–Trinajstić information content (AvgIpc) is 2.74. The fourth-order valence-corrected chi connectivity index (χ4v) is 3.70. The number of rotatable bonds is 4. The van der Waals surface area contributed by atoms with Crippen LogP contribution in [0.3, 0.4) is 0 Å². The number of nitrogens with zero attached hydrogens (tertiary/aromatic N) is 3. The SMILES string of the molecule is O=C(c1c[nH]c2ccc(Cl)cc2c1=O)N1CCN(CCc2ccncc2)CC1. The maximum absolute atomic E-state index is 12.9. The van der Waals surface area contributed by atoms with Gasteiger partial charge in [-0.1, -0.05) is 11.6 Å². The number of piperazine rings is 1. The van der Waals surface area contributed by atoms with Crippen LogP contribution in [0.4, 0.5) is 0 Å². The Morgan fingerprint density at radius 1 is 1.11 bits per heavy atom. The van der Waals surface area contributed by atoms with E-state index in [0.717, 1.165) is 26.1 Å². The predicted molar refractivity (Wildman–Crippen MR) is 110 cm³/mol. The summed E-state index contributed by atoms with van der Waals surface area (Å²) in [5.41, 5.74) is 1.82. The van der Waals surface area contributed by atoms with Gasteiger partial charge in [0.2, 0.25) is 5.43 Å². The number of H-pyrrole nitrogens is 1. The summed E-state index contributed by atoms with van der Waals surface area (Å²) in [5.74, 6) is -0.225. The third-order valence-electron chi connectivity index (χ3n) is 5.20. The van der Waals surface area contributed by atoms with E-state index in [1.807, 2.05) is 12.1 Å². The number of halogens is 1. The Labute approximate surface area is 167 Å². The normalized spacial score (nSPS) is 15.1. The number of nitrogens with one attached hydrogen (secondary N) is 1. The largest absolute Gasteiger partial charge is 0.360 e. The van der Waals surface area contributed by atoms with E-state index < -0.39 is 0 Å². The van der Waals surface area contributed by atoms with Crippen molar-refractivity contribution in [3.05, 3.63) is 75.3 Å². The van der Waals surface area contributed by atoms with Crippen LogP contribution in [0.15, 0.2) is 53.7 Å². The van der Waals surface area contributed by atoms with Gasteiger partial charge < -0.3 is 9.88 Å². The van der Waals surface area contributed by atoms with Gasteiger partial charge in [-0.15, -0.1) is 0 Å². The highest BCUT2D eigenvalue weighted by Crippen LogP contribution is 2.16. The van der Waals surface area contributed by atoms with Gasteiger partial charge in [-0.05, 0) is 42.3 Å². The number of carbonyl (C=O) groups is 1. The van der Waals surface area contributed by atoms with E-state index in [1.54, 1.807) is 35.5 Å². The fraction of sp³-hybridized carbons (Fsp3) is 0.286. The molecule has 1 amide bonds. The summed E-state index contributed by atoms with van der Waals surface area (Å²) in [4.78, 5) is 36.8. The molecule has 6 nitrogen and oxygen atoms in total. The Balaban J connectivity index is 1.41. The van der Waals surface area contributed by atoms with Gasteiger partial charge in [0.1, 0.15) is 5.56 Å². The molecule has 2 aromatic heterocycles.